The van der Waals surface area contributed by atoms with E-state index in [1.165, 1.54) is 12.8 Å². The number of rotatable bonds is 5. The summed E-state index contributed by atoms with van der Waals surface area (Å²) >= 11 is 0. The molecular formula is C23H33N3O4. The van der Waals surface area contributed by atoms with Crippen molar-refractivity contribution in [3.8, 4) is 0 Å². The maximum absolute atomic E-state index is 12.8. The lowest BCUT2D eigenvalue weighted by Crippen LogP contribution is -2.52. The molecule has 0 unspecified atom stereocenters. The van der Waals surface area contributed by atoms with E-state index in [0.717, 1.165) is 51.4 Å². The van der Waals surface area contributed by atoms with E-state index in [4.69, 9.17) is 9.57 Å². The number of amides is 1. The van der Waals surface area contributed by atoms with Crippen molar-refractivity contribution >= 4 is 23.6 Å². The molecule has 1 amide bonds. The van der Waals surface area contributed by atoms with Gasteiger partial charge in [0.25, 0.3) is 5.84 Å². The second-order valence-electron chi connectivity index (χ2n) is 8.00. The van der Waals surface area contributed by atoms with Gasteiger partial charge in [-0.2, -0.15) is 0 Å². The number of esters is 1. The number of nitrogens with one attached hydrogen (secondary N) is 1. The molecule has 1 aromatic carbocycles. The van der Waals surface area contributed by atoms with E-state index in [9.17, 15) is 9.59 Å². The van der Waals surface area contributed by atoms with Crippen molar-refractivity contribution in [2.24, 2.45) is 5.16 Å². The predicted molar refractivity (Wildman–Crippen MR) is 116 cm³/mol. The van der Waals surface area contributed by atoms with Gasteiger partial charge in [-0.3, -0.25) is 10.2 Å². The molecule has 0 bridgehead atoms. The lowest BCUT2D eigenvalue weighted by Gasteiger charge is -2.42. The molecule has 2 saturated carbocycles. The topological polar surface area (TPSA) is 80.2 Å². The number of carbonyl (C=O) groups excluding carboxylic acids is 2. The van der Waals surface area contributed by atoms with Crippen LogP contribution < -0.4 is 5.32 Å². The summed E-state index contributed by atoms with van der Waals surface area (Å²) in [5, 5.41) is 6.67. The van der Waals surface area contributed by atoms with Gasteiger partial charge in [-0.1, -0.05) is 56.7 Å². The lowest BCUT2D eigenvalue weighted by atomic mass is 9.88. The maximum atomic E-state index is 12.8. The van der Waals surface area contributed by atoms with Crippen LogP contribution in [-0.4, -0.2) is 41.5 Å². The summed E-state index contributed by atoms with van der Waals surface area (Å²) in [6.07, 6.45) is 10.3. The third-order valence-corrected chi connectivity index (χ3v) is 5.87. The normalized spacial score (nSPS) is 18.5. The van der Waals surface area contributed by atoms with Crippen molar-refractivity contribution in [1.82, 2.24) is 4.90 Å². The average Bonchev–Trinajstić information content (AvgIpc) is 2.78. The van der Waals surface area contributed by atoms with Crippen molar-refractivity contribution in [3.63, 3.8) is 0 Å². The van der Waals surface area contributed by atoms with E-state index in [1.54, 1.807) is 19.1 Å². The Balaban J connectivity index is 1.81. The van der Waals surface area contributed by atoms with Gasteiger partial charge < -0.3 is 9.64 Å². The van der Waals surface area contributed by atoms with Crippen LogP contribution in [0.2, 0.25) is 0 Å². The second-order valence-corrected chi connectivity index (χ2v) is 8.00. The number of oxime groups is 1. The number of amidine groups is 1. The highest BCUT2D eigenvalue weighted by Gasteiger charge is 2.35. The maximum Gasteiger partial charge on any atom is 0.437 e. The molecule has 164 valence electrons. The smallest absolute Gasteiger partial charge is 0.437 e. The molecule has 2 aliphatic rings. The van der Waals surface area contributed by atoms with Gasteiger partial charge in [0, 0.05) is 17.8 Å². The fourth-order valence-corrected chi connectivity index (χ4v) is 4.49. The van der Waals surface area contributed by atoms with Crippen LogP contribution in [0.5, 0.6) is 0 Å². The largest absolute Gasteiger partial charge is 0.460 e. The minimum atomic E-state index is -0.727. The zero-order chi connectivity index (χ0) is 21.2. The van der Waals surface area contributed by atoms with Crippen molar-refractivity contribution < 1.29 is 19.2 Å². The SMILES string of the molecule is CCOC(=O)/C(=N\OC(=O)Nc1ccccc1)N(C1CCCCC1)C1CCCCC1. The van der Waals surface area contributed by atoms with Crippen LogP contribution in [0.15, 0.2) is 35.5 Å². The summed E-state index contributed by atoms with van der Waals surface area (Å²) in [7, 11) is 0. The summed E-state index contributed by atoms with van der Waals surface area (Å²) in [5.74, 6) is -0.403. The number of hydrogen-bond acceptors (Lipinski definition) is 5. The van der Waals surface area contributed by atoms with Crippen LogP contribution in [0.3, 0.4) is 0 Å². The number of para-hydroxylation sites is 1. The van der Waals surface area contributed by atoms with Crippen LogP contribution in [-0.2, 0) is 14.4 Å². The predicted octanol–water partition coefficient (Wildman–Crippen LogP) is 5.08. The van der Waals surface area contributed by atoms with E-state index in [2.05, 4.69) is 15.4 Å². The molecule has 0 atom stereocenters. The number of anilines is 1. The number of carbonyl (C=O) groups is 2. The molecule has 7 nitrogen and oxygen atoms in total. The Labute approximate surface area is 178 Å². The Morgan fingerprint density at radius 2 is 1.53 bits per heavy atom. The van der Waals surface area contributed by atoms with Crippen LogP contribution in [0.25, 0.3) is 0 Å². The molecule has 2 aliphatic carbocycles. The third kappa shape index (κ3) is 6.21. The van der Waals surface area contributed by atoms with Crippen molar-refractivity contribution in [3.05, 3.63) is 30.3 Å². The first-order valence-electron chi connectivity index (χ1n) is 11.3. The Morgan fingerprint density at radius 1 is 0.967 bits per heavy atom. The molecule has 3 rings (SSSR count). The van der Waals surface area contributed by atoms with E-state index in [1.807, 2.05) is 18.2 Å². The summed E-state index contributed by atoms with van der Waals surface area (Å²) in [6.45, 7) is 2.02. The Hall–Kier alpha value is -2.57. The molecule has 7 heteroatoms. The first-order chi connectivity index (χ1) is 14.7. The van der Waals surface area contributed by atoms with Crippen molar-refractivity contribution in [2.75, 3.05) is 11.9 Å². The van der Waals surface area contributed by atoms with Crippen LogP contribution in [0, 0.1) is 0 Å². The highest BCUT2D eigenvalue weighted by atomic mass is 16.7. The van der Waals surface area contributed by atoms with Crippen molar-refractivity contribution in [1.29, 1.82) is 0 Å². The van der Waals surface area contributed by atoms with Gasteiger partial charge in [-0.25, -0.2) is 9.59 Å². The molecule has 2 fully saturated rings. The fourth-order valence-electron chi connectivity index (χ4n) is 4.49. The molecule has 0 radical (unpaired) electrons. The third-order valence-electron chi connectivity index (χ3n) is 5.87. The minimum absolute atomic E-state index is 0.124. The van der Waals surface area contributed by atoms with Crippen LogP contribution in [0.4, 0.5) is 10.5 Å². The summed E-state index contributed by atoms with van der Waals surface area (Å²) in [6, 6.07) is 9.46. The lowest BCUT2D eigenvalue weighted by molar-refractivity contribution is -0.136. The summed E-state index contributed by atoms with van der Waals surface area (Å²) < 4.78 is 5.29. The minimum Gasteiger partial charge on any atom is -0.460 e. The highest BCUT2D eigenvalue weighted by Crippen LogP contribution is 2.31. The van der Waals surface area contributed by atoms with Gasteiger partial charge >= 0.3 is 12.1 Å². The molecular weight excluding hydrogens is 382 g/mol. The first-order valence-corrected chi connectivity index (χ1v) is 11.3. The average molecular weight is 416 g/mol. The van der Waals surface area contributed by atoms with E-state index < -0.39 is 12.1 Å². The summed E-state index contributed by atoms with van der Waals surface area (Å²) in [5.41, 5.74) is 0.604. The standard InChI is InChI=1S/C23H33N3O4/c1-2-29-22(27)21(25-30-23(28)24-18-12-6-3-7-13-18)26(19-14-8-4-9-15-19)20-16-10-5-11-17-20/h3,6-7,12-13,19-20H,2,4-5,8-11,14-17H2,1H3,(H,24,28)/b25-21+. The second kappa shape index (κ2) is 11.6. The number of hydrogen-bond donors (Lipinski definition) is 1. The van der Waals surface area contributed by atoms with Crippen LogP contribution >= 0.6 is 0 Å². The van der Waals surface area contributed by atoms with Crippen molar-refractivity contribution in [2.45, 2.75) is 83.2 Å². The zero-order valence-electron chi connectivity index (χ0n) is 17.8. The molecule has 0 saturated heterocycles. The summed E-state index contributed by atoms with van der Waals surface area (Å²) in [4.78, 5) is 32.3. The quantitative estimate of drug-likeness (QED) is 0.238. The molecule has 30 heavy (non-hydrogen) atoms. The zero-order valence-corrected chi connectivity index (χ0v) is 17.8. The van der Waals surface area contributed by atoms with Gasteiger partial charge in [0.2, 0.25) is 0 Å². The van der Waals surface area contributed by atoms with Gasteiger partial charge in [0.1, 0.15) is 0 Å². The van der Waals surface area contributed by atoms with E-state index in [-0.39, 0.29) is 24.5 Å². The van der Waals surface area contributed by atoms with E-state index in [0.29, 0.717) is 5.69 Å². The molecule has 0 heterocycles. The number of benzene rings is 1. The Kier molecular flexibility index (Phi) is 8.53. The number of ether oxygens (including phenoxy) is 1. The van der Waals surface area contributed by atoms with Gasteiger partial charge in [0.05, 0.1) is 6.61 Å². The monoisotopic (exact) mass is 415 g/mol. The molecule has 0 aromatic heterocycles. The van der Waals surface area contributed by atoms with Gasteiger partial charge in [0.15, 0.2) is 0 Å². The molecule has 0 spiro atoms. The van der Waals surface area contributed by atoms with Gasteiger partial charge in [-0.15, -0.1) is 0 Å². The molecule has 1 N–H and O–H groups in total. The first kappa shape index (κ1) is 22.1. The Morgan fingerprint density at radius 3 is 2.07 bits per heavy atom. The van der Waals surface area contributed by atoms with E-state index >= 15 is 0 Å². The molecule has 1 aromatic rings. The highest BCUT2D eigenvalue weighted by molar-refractivity contribution is 6.35. The molecule has 0 aliphatic heterocycles. The van der Waals surface area contributed by atoms with Gasteiger partial charge in [-0.05, 0) is 49.9 Å². The Bertz CT molecular complexity index is 692. The van der Waals surface area contributed by atoms with Crippen LogP contribution in [0.1, 0.15) is 71.1 Å². The number of nitrogens with zero attached hydrogens (tertiary/aromatic N) is 2. The fraction of sp³-hybridized carbons (Fsp3) is 0.609.